The van der Waals surface area contributed by atoms with Crippen molar-refractivity contribution in [2.75, 3.05) is 40.3 Å². The number of aromatic nitrogens is 2. The minimum Gasteiger partial charge on any atom is -0.497 e. The molecule has 0 bridgehead atoms. The van der Waals surface area contributed by atoms with Gasteiger partial charge in [0, 0.05) is 32.9 Å². The van der Waals surface area contributed by atoms with Crippen LogP contribution in [0.5, 0.6) is 5.75 Å². The van der Waals surface area contributed by atoms with Crippen LogP contribution in [0.4, 0.5) is 0 Å². The molecule has 0 unspecified atom stereocenters. The molecule has 1 atom stereocenters. The minimum atomic E-state index is 0.00783. The van der Waals surface area contributed by atoms with E-state index in [0.717, 1.165) is 44.0 Å². The van der Waals surface area contributed by atoms with Crippen LogP contribution in [-0.4, -0.2) is 66.0 Å². The first-order chi connectivity index (χ1) is 13.6. The van der Waals surface area contributed by atoms with Crippen LogP contribution in [0.25, 0.3) is 0 Å². The average molecular weight is 383 g/mol. The SMILES string of the molecule is COc1ccc(CCN2CCC[C@@H](CN(C)C(=O)c3cncnc3C)C2)cc1. The van der Waals surface area contributed by atoms with Crippen molar-refractivity contribution in [2.45, 2.75) is 26.2 Å². The Kier molecular flexibility index (Phi) is 6.98. The highest BCUT2D eigenvalue weighted by Crippen LogP contribution is 2.19. The standard InChI is InChI=1S/C22H30N4O2/c1-17-21(13-23-16-24-17)22(27)25(2)14-19-5-4-11-26(15-19)12-10-18-6-8-20(28-3)9-7-18/h6-9,13,16,19H,4-5,10-12,14-15H2,1-3H3/t19-/m0/s1. The predicted molar refractivity (Wildman–Crippen MR) is 110 cm³/mol. The Morgan fingerprint density at radius 2 is 2.11 bits per heavy atom. The summed E-state index contributed by atoms with van der Waals surface area (Å²) >= 11 is 0. The highest BCUT2D eigenvalue weighted by atomic mass is 16.5. The first kappa shape index (κ1) is 20.3. The van der Waals surface area contributed by atoms with E-state index in [-0.39, 0.29) is 5.91 Å². The highest BCUT2D eigenvalue weighted by Gasteiger charge is 2.24. The molecule has 0 spiro atoms. The van der Waals surface area contributed by atoms with Gasteiger partial charge in [0.1, 0.15) is 12.1 Å². The Hall–Kier alpha value is -2.47. The molecule has 3 rings (SSSR count). The zero-order valence-electron chi connectivity index (χ0n) is 17.1. The molecule has 1 aliphatic heterocycles. The lowest BCUT2D eigenvalue weighted by molar-refractivity contribution is 0.0728. The topological polar surface area (TPSA) is 58.6 Å². The van der Waals surface area contributed by atoms with Crippen molar-refractivity contribution in [3.63, 3.8) is 0 Å². The third-order valence-corrected chi connectivity index (χ3v) is 5.50. The maximum absolute atomic E-state index is 12.7. The van der Waals surface area contributed by atoms with Crippen molar-refractivity contribution in [3.05, 3.63) is 53.6 Å². The van der Waals surface area contributed by atoms with Gasteiger partial charge in [-0.2, -0.15) is 0 Å². The number of hydrogen-bond acceptors (Lipinski definition) is 5. The number of benzene rings is 1. The van der Waals surface area contributed by atoms with Gasteiger partial charge in [-0.1, -0.05) is 12.1 Å². The van der Waals surface area contributed by atoms with Crippen molar-refractivity contribution in [3.8, 4) is 5.75 Å². The largest absolute Gasteiger partial charge is 0.497 e. The van der Waals surface area contributed by atoms with Crippen LogP contribution in [0.1, 0.15) is 34.5 Å². The summed E-state index contributed by atoms with van der Waals surface area (Å²) in [5, 5.41) is 0. The maximum atomic E-state index is 12.7. The molecule has 0 N–H and O–H groups in total. The number of hydrogen-bond donors (Lipinski definition) is 0. The molecule has 0 radical (unpaired) electrons. The number of ether oxygens (including phenoxy) is 1. The minimum absolute atomic E-state index is 0.00783. The van der Waals surface area contributed by atoms with Crippen LogP contribution in [0.2, 0.25) is 0 Å². The summed E-state index contributed by atoms with van der Waals surface area (Å²) in [6, 6.07) is 8.31. The summed E-state index contributed by atoms with van der Waals surface area (Å²) in [5.74, 6) is 1.41. The Bertz CT molecular complexity index is 778. The zero-order chi connectivity index (χ0) is 19.9. The zero-order valence-corrected chi connectivity index (χ0v) is 17.1. The van der Waals surface area contributed by atoms with Crippen molar-refractivity contribution in [2.24, 2.45) is 5.92 Å². The van der Waals surface area contributed by atoms with Gasteiger partial charge in [-0.25, -0.2) is 9.97 Å². The van der Waals surface area contributed by atoms with Gasteiger partial charge in [-0.15, -0.1) is 0 Å². The lowest BCUT2D eigenvalue weighted by Crippen LogP contribution is -2.42. The molecule has 6 nitrogen and oxygen atoms in total. The smallest absolute Gasteiger partial charge is 0.257 e. The Morgan fingerprint density at radius 1 is 1.32 bits per heavy atom. The number of nitrogens with zero attached hydrogens (tertiary/aromatic N) is 4. The van der Waals surface area contributed by atoms with E-state index in [4.69, 9.17) is 4.74 Å². The number of aryl methyl sites for hydroxylation is 1. The van der Waals surface area contributed by atoms with Crippen LogP contribution in [-0.2, 0) is 6.42 Å². The average Bonchev–Trinajstić information content (AvgIpc) is 2.73. The van der Waals surface area contributed by atoms with Gasteiger partial charge in [0.05, 0.1) is 18.4 Å². The second-order valence-corrected chi connectivity index (χ2v) is 7.61. The molecule has 1 aromatic heterocycles. The Morgan fingerprint density at radius 3 is 2.82 bits per heavy atom. The Balaban J connectivity index is 1.50. The van der Waals surface area contributed by atoms with Crippen molar-refractivity contribution < 1.29 is 9.53 Å². The molecule has 2 aromatic rings. The fraction of sp³-hybridized carbons (Fsp3) is 0.500. The second-order valence-electron chi connectivity index (χ2n) is 7.61. The number of rotatable bonds is 7. The molecule has 1 fully saturated rings. The summed E-state index contributed by atoms with van der Waals surface area (Å²) in [6.45, 7) is 5.84. The van der Waals surface area contributed by atoms with Crippen LogP contribution < -0.4 is 4.74 Å². The number of likely N-dealkylation sites (tertiary alicyclic amines) is 1. The van der Waals surface area contributed by atoms with Crippen molar-refractivity contribution in [1.29, 1.82) is 0 Å². The molecule has 1 amide bonds. The Labute approximate surface area is 167 Å². The molecule has 1 aromatic carbocycles. The van der Waals surface area contributed by atoms with Crippen LogP contribution in [0.3, 0.4) is 0 Å². The van der Waals surface area contributed by atoms with E-state index in [2.05, 4.69) is 27.0 Å². The normalized spacial score (nSPS) is 17.3. The van der Waals surface area contributed by atoms with E-state index in [1.54, 1.807) is 13.3 Å². The first-order valence-corrected chi connectivity index (χ1v) is 9.94. The summed E-state index contributed by atoms with van der Waals surface area (Å²) in [5.41, 5.74) is 2.66. The van der Waals surface area contributed by atoms with Crippen LogP contribution >= 0.6 is 0 Å². The van der Waals surface area contributed by atoms with E-state index in [9.17, 15) is 4.79 Å². The molecular formula is C22H30N4O2. The first-order valence-electron chi connectivity index (χ1n) is 9.94. The molecule has 150 valence electrons. The molecular weight excluding hydrogens is 352 g/mol. The molecule has 6 heteroatoms. The van der Waals surface area contributed by atoms with Crippen molar-refractivity contribution >= 4 is 5.91 Å². The van der Waals surface area contributed by atoms with Gasteiger partial charge >= 0.3 is 0 Å². The highest BCUT2D eigenvalue weighted by molar-refractivity contribution is 5.94. The third kappa shape index (κ3) is 5.29. The summed E-state index contributed by atoms with van der Waals surface area (Å²) in [6.07, 6.45) is 6.48. The quantitative estimate of drug-likeness (QED) is 0.737. The monoisotopic (exact) mass is 382 g/mol. The van der Waals surface area contributed by atoms with E-state index >= 15 is 0 Å². The third-order valence-electron chi connectivity index (χ3n) is 5.50. The van der Waals surface area contributed by atoms with E-state index in [1.807, 2.05) is 31.0 Å². The number of piperidine rings is 1. The number of amides is 1. The van der Waals surface area contributed by atoms with Gasteiger partial charge in [-0.05, 0) is 56.3 Å². The predicted octanol–water partition coefficient (Wildman–Crippen LogP) is 2.82. The summed E-state index contributed by atoms with van der Waals surface area (Å²) in [4.78, 5) is 25.2. The molecule has 1 saturated heterocycles. The molecule has 2 heterocycles. The summed E-state index contributed by atoms with van der Waals surface area (Å²) < 4.78 is 5.22. The van der Waals surface area contributed by atoms with Gasteiger partial charge in [0.25, 0.3) is 5.91 Å². The molecule has 1 aliphatic rings. The lowest BCUT2D eigenvalue weighted by atomic mass is 9.96. The fourth-order valence-electron chi connectivity index (χ4n) is 3.86. The van der Waals surface area contributed by atoms with E-state index in [0.29, 0.717) is 11.5 Å². The number of carbonyl (C=O) groups excluding carboxylic acids is 1. The van der Waals surface area contributed by atoms with Crippen LogP contribution in [0, 0.1) is 12.8 Å². The van der Waals surface area contributed by atoms with Crippen LogP contribution in [0.15, 0.2) is 36.8 Å². The molecule has 0 saturated carbocycles. The van der Waals surface area contributed by atoms with E-state index < -0.39 is 0 Å². The van der Waals surface area contributed by atoms with Gasteiger partial charge < -0.3 is 14.5 Å². The summed E-state index contributed by atoms with van der Waals surface area (Å²) in [7, 11) is 3.57. The van der Waals surface area contributed by atoms with Gasteiger partial charge in [0.2, 0.25) is 0 Å². The lowest BCUT2D eigenvalue weighted by Gasteiger charge is -2.34. The molecule has 0 aliphatic carbocycles. The fourth-order valence-corrected chi connectivity index (χ4v) is 3.86. The number of carbonyl (C=O) groups is 1. The maximum Gasteiger partial charge on any atom is 0.257 e. The van der Waals surface area contributed by atoms with E-state index in [1.165, 1.54) is 24.7 Å². The number of methoxy groups -OCH3 is 1. The van der Waals surface area contributed by atoms with Gasteiger partial charge in [0.15, 0.2) is 0 Å². The second kappa shape index (κ2) is 9.64. The molecule has 28 heavy (non-hydrogen) atoms. The van der Waals surface area contributed by atoms with Crippen molar-refractivity contribution in [1.82, 2.24) is 19.8 Å². The van der Waals surface area contributed by atoms with Gasteiger partial charge in [-0.3, -0.25) is 4.79 Å².